The van der Waals surface area contributed by atoms with Gasteiger partial charge in [0.25, 0.3) is 0 Å². The van der Waals surface area contributed by atoms with Crippen molar-refractivity contribution in [2.24, 2.45) is 5.73 Å². The zero-order valence-electron chi connectivity index (χ0n) is 10.1. The Kier molecular flexibility index (Phi) is 4.27. The molecule has 0 unspecified atom stereocenters. The van der Waals surface area contributed by atoms with Crippen molar-refractivity contribution in [1.29, 1.82) is 0 Å². The standard InChI is InChI=1S/C10H21N3O2/c1-9(2,3)13-7(14)6-12-8(15)10(4,5)11/h6,11H2,1-5H3,(H,12,15)(H,13,14). The number of nitrogens with two attached hydrogens (primary N) is 1. The molecule has 0 aliphatic carbocycles. The largest absolute Gasteiger partial charge is 0.350 e. The zero-order chi connectivity index (χ0) is 12.3. The first-order valence-electron chi connectivity index (χ1n) is 4.90. The fourth-order valence-corrected chi connectivity index (χ4v) is 0.851. The number of carbonyl (C=O) groups is 2. The van der Waals surface area contributed by atoms with E-state index in [1.165, 1.54) is 0 Å². The molecule has 0 aromatic rings. The highest BCUT2D eigenvalue weighted by molar-refractivity contribution is 5.89. The van der Waals surface area contributed by atoms with Crippen LogP contribution in [0.3, 0.4) is 0 Å². The second kappa shape index (κ2) is 4.61. The van der Waals surface area contributed by atoms with E-state index in [4.69, 9.17) is 5.73 Å². The lowest BCUT2D eigenvalue weighted by atomic mass is 10.1. The van der Waals surface area contributed by atoms with E-state index in [-0.39, 0.29) is 23.9 Å². The van der Waals surface area contributed by atoms with Gasteiger partial charge in [0.1, 0.15) is 0 Å². The van der Waals surface area contributed by atoms with Crippen molar-refractivity contribution < 1.29 is 9.59 Å². The molecule has 0 spiro atoms. The monoisotopic (exact) mass is 215 g/mol. The van der Waals surface area contributed by atoms with E-state index in [0.29, 0.717) is 0 Å². The molecule has 5 heteroatoms. The molecule has 88 valence electrons. The normalized spacial score (nSPS) is 12.1. The summed E-state index contributed by atoms with van der Waals surface area (Å²) in [4.78, 5) is 22.6. The molecule has 0 atom stereocenters. The fraction of sp³-hybridized carbons (Fsp3) is 0.800. The Hall–Kier alpha value is -1.10. The molecule has 0 saturated heterocycles. The number of nitrogens with one attached hydrogen (secondary N) is 2. The maximum atomic E-state index is 11.3. The lowest BCUT2D eigenvalue weighted by molar-refractivity contribution is -0.129. The molecule has 4 N–H and O–H groups in total. The Bertz CT molecular complexity index is 248. The molecule has 0 bridgehead atoms. The van der Waals surface area contributed by atoms with Gasteiger partial charge in [0.05, 0.1) is 12.1 Å². The van der Waals surface area contributed by atoms with E-state index in [1.54, 1.807) is 13.8 Å². The highest BCUT2D eigenvalue weighted by Crippen LogP contribution is 1.98. The Morgan fingerprint density at radius 3 is 1.93 bits per heavy atom. The third-order valence-corrected chi connectivity index (χ3v) is 1.51. The van der Waals surface area contributed by atoms with Crippen LogP contribution in [0.25, 0.3) is 0 Å². The van der Waals surface area contributed by atoms with Crippen molar-refractivity contribution in [3.63, 3.8) is 0 Å². The Labute approximate surface area is 90.8 Å². The van der Waals surface area contributed by atoms with Crippen molar-refractivity contribution in [3.8, 4) is 0 Å². The van der Waals surface area contributed by atoms with Crippen LogP contribution in [0.5, 0.6) is 0 Å². The first-order chi connectivity index (χ1) is 6.52. The smallest absolute Gasteiger partial charge is 0.239 e. The average Bonchev–Trinajstić information content (AvgIpc) is 1.94. The van der Waals surface area contributed by atoms with Gasteiger partial charge in [-0.2, -0.15) is 0 Å². The highest BCUT2D eigenvalue weighted by Gasteiger charge is 2.22. The molecular formula is C10H21N3O2. The van der Waals surface area contributed by atoms with Gasteiger partial charge in [-0.3, -0.25) is 9.59 Å². The molecule has 0 saturated carbocycles. The van der Waals surface area contributed by atoms with E-state index in [9.17, 15) is 9.59 Å². The number of rotatable bonds is 3. The Morgan fingerprint density at radius 1 is 1.13 bits per heavy atom. The summed E-state index contributed by atoms with van der Waals surface area (Å²) in [7, 11) is 0. The summed E-state index contributed by atoms with van der Waals surface area (Å²) in [6.07, 6.45) is 0. The topological polar surface area (TPSA) is 84.2 Å². The van der Waals surface area contributed by atoms with Crippen molar-refractivity contribution in [2.45, 2.75) is 45.7 Å². The van der Waals surface area contributed by atoms with E-state index < -0.39 is 5.54 Å². The minimum absolute atomic E-state index is 0.0449. The van der Waals surface area contributed by atoms with Crippen molar-refractivity contribution >= 4 is 11.8 Å². The lowest BCUT2D eigenvalue weighted by Gasteiger charge is -2.22. The molecule has 15 heavy (non-hydrogen) atoms. The molecule has 0 aromatic carbocycles. The first-order valence-corrected chi connectivity index (χ1v) is 4.90. The van der Waals surface area contributed by atoms with Crippen molar-refractivity contribution in [2.75, 3.05) is 6.54 Å². The second-order valence-corrected chi connectivity index (χ2v) is 5.20. The van der Waals surface area contributed by atoms with Gasteiger partial charge >= 0.3 is 0 Å². The van der Waals surface area contributed by atoms with Gasteiger partial charge in [-0.15, -0.1) is 0 Å². The van der Waals surface area contributed by atoms with Gasteiger partial charge < -0.3 is 16.4 Å². The SMILES string of the molecule is CC(C)(C)NC(=O)CNC(=O)C(C)(C)N. The van der Waals surface area contributed by atoms with Gasteiger partial charge in [0.2, 0.25) is 11.8 Å². The summed E-state index contributed by atoms with van der Waals surface area (Å²) in [5.41, 5.74) is 4.30. The molecule has 0 aliphatic heterocycles. The third-order valence-electron chi connectivity index (χ3n) is 1.51. The number of carbonyl (C=O) groups excluding carboxylic acids is 2. The summed E-state index contributed by atoms with van der Waals surface area (Å²) in [5, 5.41) is 5.20. The third kappa shape index (κ3) is 6.90. The minimum atomic E-state index is -0.956. The highest BCUT2D eigenvalue weighted by atomic mass is 16.2. The van der Waals surface area contributed by atoms with Crippen LogP contribution in [0.4, 0.5) is 0 Å². The lowest BCUT2D eigenvalue weighted by Crippen LogP contribution is -2.52. The maximum Gasteiger partial charge on any atom is 0.239 e. The van der Waals surface area contributed by atoms with Crippen LogP contribution in [0.1, 0.15) is 34.6 Å². The zero-order valence-corrected chi connectivity index (χ0v) is 10.1. The van der Waals surface area contributed by atoms with E-state index in [2.05, 4.69) is 10.6 Å². The number of amides is 2. The number of hydrogen-bond acceptors (Lipinski definition) is 3. The molecule has 0 aliphatic rings. The molecule has 0 rings (SSSR count). The van der Waals surface area contributed by atoms with Gasteiger partial charge in [-0.05, 0) is 34.6 Å². The quantitative estimate of drug-likeness (QED) is 0.607. The molecular weight excluding hydrogens is 194 g/mol. The molecule has 5 nitrogen and oxygen atoms in total. The summed E-state index contributed by atoms with van der Waals surface area (Å²) in [5.74, 6) is -0.563. The molecule has 2 amide bonds. The van der Waals surface area contributed by atoms with Gasteiger partial charge in [0, 0.05) is 5.54 Å². The number of hydrogen-bond donors (Lipinski definition) is 3. The van der Waals surface area contributed by atoms with Crippen LogP contribution in [0.2, 0.25) is 0 Å². The van der Waals surface area contributed by atoms with E-state index in [0.717, 1.165) is 0 Å². The summed E-state index contributed by atoms with van der Waals surface area (Å²) >= 11 is 0. The molecule has 0 fully saturated rings. The van der Waals surface area contributed by atoms with E-state index >= 15 is 0 Å². The van der Waals surface area contributed by atoms with Gasteiger partial charge in [-0.25, -0.2) is 0 Å². The summed E-state index contributed by atoms with van der Waals surface area (Å²) in [6, 6.07) is 0. The van der Waals surface area contributed by atoms with Crippen molar-refractivity contribution in [1.82, 2.24) is 10.6 Å². The summed E-state index contributed by atoms with van der Waals surface area (Å²) in [6.45, 7) is 8.75. The second-order valence-electron chi connectivity index (χ2n) is 5.20. The van der Waals surface area contributed by atoms with Crippen LogP contribution >= 0.6 is 0 Å². The average molecular weight is 215 g/mol. The summed E-state index contributed by atoms with van der Waals surface area (Å²) < 4.78 is 0. The fourth-order valence-electron chi connectivity index (χ4n) is 0.851. The first kappa shape index (κ1) is 13.9. The molecule has 0 heterocycles. The molecule has 0 aromatic heterocycles. The van der Waals surface area contributed by atoms with Crippen LogP contribution < -0.4 is 16.4 Å². The Morgan fingerprint density at radius 2 is 1.60 bits per heavy atom. The molecule has 0 radical (unpaired) electrons. The van der Waals surface area contributed by atoms with E-state index in [1.807, 2.05) is 20.8 Å². The predicted octanol–water partition coefficient (Wildman–Crippen LogP) is -0.245. The van der Waals surface area contributed by atoms with Crippen LogP contribution in [0, 0.1) is 0 Å². The van der Waals surface area contributed by atoms with Crippen molar-refractivity contribution in [3.05, 3.63) is 0 Å². The van der Waals surface area contributed by atoms with Crippen LogP contribution in [-0.2, 0) is 9.59 Å². The van der Waals surface area contributed by atoms with Crippen LogP contribution in [-0.4, -0.2) is 29.4 Å². The maximum absolute atomic E-state index is 11.3. The van der Waals surface area contributed by atoms with Gasteiger partial charge in [0.15, 0.2) is 0 Å². The van der Waals surface area contributed by atoms with Crippen LogP contribution in [0.15, 0.2) is 0 Å². The van der Waals surface area contributed by atoms with Gasteiger partial charge in [-0.1, -0.05) is 0 Å². The Balaban J connectivity index is 3.98. The predicted molar refractivity (Wildman–Crippen MR) is 59.2 cm³/mol. The minimum Gasteiger partial charge on any atom is -0.350 e.